The van der Waals surface area contributed by atoms with Crippen LogP contribution in [0.4, 0.5) is 0 Å². The van der Waals surface area contributed by atoms with E-state index in [2.05, 4.69) is 4.99 Å². The van der Waals surface area contributed by atoms with Crippen LogP contribution in [0.3, 0.4) is 0 Å². The number of amides is 2. The molecule has 0 aromatic rings. The van der Waals surface area contributed by atoms with Gasteiger partial charge in [-0.25, -0.2) is 9.79 Å². The van der Waals surface area contributed by atoms with Crippen LogP contribution in [0.2, 0.25) is 0 Å². The lowest BCUT2D eigenvalue weighted by molar-refractivity contribution is -0.136. The molecule has 0 N–H and O–H groups in total. The summed E-state index contributed by atoms with van der Waals surface area (Å²) < 4.78 is 0. The minimum absolute atomic E-state index is 0.245. The van der Waals surface area contributed by atoms with E-state index in [1.807, 2.05) is 0 Å². The van der Waals surface area contributed by atoms with Crippen molar-refractivity contribution in [3.05, 3.63) is 12.2 Å². The number of hydrogen-bond acceptors (Lipinski definition) is 4. The lowest BCUT2D eigenvalue weighted by atomic mass is 10.2. The Bertz CT molecular complexity index is 312. The maximum Gasteiger partial charge on any atom is 0.253 e. The Hall–Kier alpha value is -1.74. The van der Waals surface area contributed by atoms with Crippen LogP contribution in [0.1, 0.15) is 19.3 Å². The minimum Gasteiger partial charge on any atom is -0.275 e. The lowest BCUT2D eigenvalue weighted by Crippen LogP contribution is -2.30. The summed E-state index contributed by atoms with van der Waals surface area (Å²) in [6.45, 7) is 0.902. The molecule has 0 aromatic carbocycles. The van der Waals surface area contributed by atoms with Gasteiger partial charge < -0.3 is 0 Å². The van der Waals surface area contributed by atoms with E-state index >= 15 is 0 Å². The average Bonchev–Trinajstić information content (AvgIpc) is 2.54. The number of rotatable bonds is 6. The molecule has 0 radical (unpaired) electrons. The molecule has 0 atom stereocenters. The van der Waals surface area contributed by atoms with Crippen molar-refractivity contribution < 1.29 is 14.4 Å². The first-order chi connectivity index (χ1) is 7.25. The van der Waals surface area contributed by atoms with Crippen LogP contribution in [0, 0.1) is 0 Å². The van der Waals surface area contributed by atoms with E-state index in [0.717, 1.165) is 19.3 Å². The first kappa shape index (κ1) is 11.3. The van der Waals surface area contributed by atoms with Gasteiger partial charge in [0.15, 0.2) is 0 Å². The molecule has 0 spiro atoms. The van der Waals surface area contributed by atoms with Crippen LogP contribution < -0.4 is 0 Å². The molecule has 2 amide bonds. The molecule has 0 unspecified atom stereocenters. The molecule has 0 aromatic heterocycles. The van der Waals surface area contributed by atoms with E-state index in [0.29, 0.717) is 13.1 Å². The van der Waals surface area contributed by atoms with E-state index < -0.39 is 0 Å². The molecule has 1 aliphatic rings. The van der Waals surface area contributed by atoms with Gasteiger partial charge in [0.1, 0.15) is 0 Å². The Morgan fingerprint density at radius 3 is 2.40 bits per heavy atom. The fourth-order valence-electron chi connectivity index (χ4n) is 1.33. The molecule has 15 heavy (non-hydrogen) atoms. The van der Waals surface area contributed by atoms with Crippen molar-refractivity contribution in [2.75, 3.05) is 13.1 Å². The van der Waals surface area contributed by atoms with Gasteiger partial charge in [0.05, 0.1) is 6.54 Å². The van der Waals surface area contributed by atoms with Crippen molar-refractivity contribution in [2.45, 2.75) is 19.3 Å². The first-order valence-electron chi connectivity index (χ1n) is 4.83. The summed E-state index contributed by atoms with van der Waals surface area (Å²) in [5.74, 6) is -0.489. The average molecular weight is 208 g/mol. The van der Waals surface area contributed by atoms with E-state index in [1.54, 1.807) is 0 Å². The topological polar surface area (TPSA) is 66.8 Å². The number of unbranched alkanes of at least 4 members (excludes halogenated alkanes) is 2. The molecule has 1 aliphatic heterocycles. The zero-order valence-corrected chi connectivity index (χ0v) is 8.31. The van der Waals surface area contributed by atoms with Crippen LogP contribution in [0.15, 0.2) is 17.1 Å². The van der Waals surface area contributed by atoms with Crippen LogP contribution in [0.5, 0.6) is 0 Å². The SMILES string of the molecule is O=C=NCCCCCN1C(=O)C=CC1=O. The van der Waals surface area contributed by atoms with Crippen LogP contribution in [-0.4, -0.2) is 35.9 Å². The van der Waals surface area contributed by atoms with Gasteiger partial charge in [0.25, 0.3) is 11.8 Å². The summed E-state index contributed by atoms with van der Waals surface area (Å²) in [4.78, 5) is 36.6. The number of isocyanates is 1. The monoisotopic (exact) mass is 208 g/mol. The molecule has 1 heterocycles. The third kappa shape index (κ3) is 3.48. The van der Waals surface area contributed by atoms with Crippen molar-refractivity contribution in [1.29, 1.82) is 0 Å². The largest absolute Gasteiger partial charge is 0.275 e. The quantitative estimate of drug-likeness (QED) is 0.275. The third-order valence-corrected chi connectivity index (χ3v) is 2.12. The number of carbonyl (C=O) groups is 2. The highest BCUT2D eigenvalue weighted by atomic mass is 16.2. The second-order valence-corrected chi connectivity index (χ2v) is 3.20. The second-order valence-electron chi connectivity index (χ2n) is 3.20. The van der Waals surface area contributed by atoms with Crippen molar-refractivity contribution in [3.63, 3.8) is 0 Å². The fraction of sp³-hybridized carbons (Fsp3) is 0.500. The number of carbonyl (C=O) groups excluding carboxylic acids is 3. The van der Waals surface area contributed by atoms with Crippen molar-refractivity contribution >= 4 is 17.9 Å². The Labute approximate surface area is 87.5 Å². The number of hydrogen-bond donors (Lipinski definition) is 0. The van der Waals surface area contributed by atoms with Crippen molar-refractivity contribution in [3.8, 4) is 0 Å². The van der Waals surface area contributed by atoms with Gasteiger partial charge in [-0.3, -0.25) is 14.5 Å². The predicted molar refractivity (Wildman–Crippen MR) is 52.7 cm³/mol. The van der Waals surface area contributed by atoms with E-state index in [9.17, 15) is 14.4 Å². The molecule has 0 aliphatic carbocycles. The van der Waals surface area contributed by atoms with Crippen molar-refractivity contribution in [2.24, 2.45) is 4.99 Å². The second kappa shape index (κ2) is 5.88. The van der Waals surface area contributed by atoms with Crippen LogP contribution in [-0.2, 0) is 14.4 Å². The summed E-state index contributed by atoms with van der Waals surface area (Å²) in [6.07, 6.45) is 6.37. The molecule has 0 saturated heterocycles. The highest BCUT2D eigenvalue weighted by Gasteiger charge is 2.21. The van der Waals surface area contributed by atoms with E-state index in [1.165, 1.54) is 23.1 Å². The van der Waals surface area contributed by atoms with E-state index in [4.69, 9.17) is 0 Å². The van der Waals surface area contributed by atoms with Crippen LogP contribution >= 0.6 is 0 Å². The normalized spacial score (nSPS) is 14.5. The molecule has 5 nitrogen and oxygen atoms in total. The van der Waals surface area contributed by atoms with Gasteiger partial charge in [-0.1, -0.05) is 0 Å². The molecule has 0 bridgehead atoms. The van der Waals surface area contributed by atoms with Gasteiger partial charge >= 0.3 is 0 Å². The maximum absolute atomic E-state index is 11.1. The van der Waals surface area contributed by atoms with Gasteiger partial charge in [-0.2, -0.15) is 0 Å². The zero-order chi connectivity index (χ0) is 11.1. The number of aliphatic imine (C=N–C) groups is 1. The number of imide groups is 1. The van der Waals surface area contributed by atoms with E-state index in [-0.39, 0.29) is 11.8 Å². The highest BCUT2D eigenvalue weighted by Crippen LogP contribution is 2.06. The molecular weight excluding hydrogens is 196 g/mol. The molecule has 0 fully saturated rings. The fourth-order valence-corrected chi connectivity index (χ4v) is 1.33. The highest BCUT2D eigenvalue weighted by molar-refractivity contribution is 6.12. The zero-order valence-electron chi connectivity index (χ0n) is 8.31. The summed E-state index contributed by atoms with van der Waals surface area (Å²) in [6, 6.07) is 0. The molecule has 0 saturated carbocycles. The molecule has 5 heteroatoms. The Kier molecular flexibility index (Phi) is 4.44. The standard InChI is InChI=1S/C10H12N2O3/c13-8-11-6-2-1-3-7-12-9(14)4-5-10(12)15/h4-5H,1-3,6-7H2. The molecular formula is C10H12N2O3. The van der Waals surface area contributed by atoms with Gasteiger partial charge in [-0.15, -0.1) is 0 Å². The maximum atomic E-state index is 11.1. The smallest absolute Gasteiger partial charge is 0.253 e. The lowest BCUT2D eigenvalue weighted by Gasteiger charge is -2.12. The summed E-state index contributed by atoms with van der Waals surface area (Å²) in [7, 11) is 0. The molecule has 80 valence electrons. The summed E-state index contributed by atoms with van der Waals surface area (Å²) in [5.41, 5.74) is 0. The Morgan fingerprint density at radius 2 is 1.80 bits per heavy atom. The van der Waals surface area contributed by atoms with Crippen LogP contribution in [0.25, 0.3) is 0 Å². The third-order valence-electron chi connectivity index (χ3n) is 2.12. The Balaban J connectivity index is 2.13. The van der Waals surface area contributed by atoms with Crippen molar-refractivity contribution in [1.82, 2.24) is 4.90 Å². The van der Waals surface area contributed by atoms with Gasteiger partial charge in [0, 0.05) is 18.7 Å². The summed E-state index contributed by atoms with van der Waals surface area (Å²) in [5, 5.41) is 0. The minimum atomic E-state index is -0.245. The summed E-state index contributed by atoms with van der Waals surface area (Å²) >= 11 is 0. The van der Waals surface area contributed by atoms with Gasteiger partial charge in [-0.05, 0) is 19.3 Å². The number of nitrogens with zero attached hydrogens (tertiary/aromatic N) is 2. The van der Waals surface area contributed by atoms with Gasteiger partial charge in [0.2, 0.25) is 6.08 Å². The molecule has 1 rings (SSSR count). The first-order valence-corrected chi connectivity index (χ1v) is 4.83. The Morgan fingerprint density at radius 1 is 1.13 bits per heavy atom. The predicted octanol–water partition coefficient (Wildman–Crippen LogP) is 0.417.